The number of benzene rings is 1. The molecule has 1 amide bonds. The van der Waals surface area contributed by atoms with E-state index in [1.165, 1.54) is 14.0 Å². The number of rotatable bonds is 5. The highest BCUT2D eigenvalue weighted by Crippen LogP contribution is 2.21. The van der Waals surface area contributed by atoms with Crippen LogP contribution in [0, 0.1) is 5.92 Å². The van der Waals surface area contributed by atoms with Crippen LogP contribution < -0.4 is 5.32 Å². The number of esters is 1. The van der Waals surface area contributed by atoms with Crippen molar-refractivity contribution in [3.8, 4) is 0 Å². The number of ketones is 1. The number of hydrogen-bond acceptors (Lipinski definition) is 5. The largest absolute Gasteiger partial charge is 0.469 e. The van der Waals surface area contributed by atoms with E-state index in [0.717, 1.165) is 0 Å². The first-order valence-corrected chi connectivity index (χ1v) is 8.16. The number of anilines is 1. The zero-order chi connectivity index (χ0) is 17.7. The minimum absolute atomic E-state index is 0.0379. The Morgan fingerprint density at radius 3 is 2.50 bits per heavy atom. The lowest BCUT2D eigenvalue weighted by Crippen LogP contribution is -2.47. The van der Waals surface area contributed by atoms with Crippen molar-refractivity contribution in [2.75, 3.05) is 25.5 Å². The number of likely N-dealkylation sites (tertiary alicyclic amines) is 1. The molecule has 24 heavy (non-hydrogen) atoms. The Balaban J connectivity index is 1.92. The molecule has 130 valence electrons. The van der Waals surface area contributed by atoms with E-state index in [1.54, 1.807) is 24.3 Å². The maximum absolute atomic E-state index is 12.4. The molecule has 1 aromatic rings. The highest BCUT2D eigenvalue weighted by molar-refractivity contribution is 5.98. The fourth-order valence-electron chi connectivity index (χ4n) is 2.92. The van der Waals surface area contributed by atoms with E-state index in [1.807, 2.05) is 6.92 Å². The van der Waals surface area contributed by atoms with Gasteiger partial charge in [0.25, 0.3) is 0 Å². The normalized spacial score (nSPS) is 17.1. The van der Waals surface area contributed by atoms with Crippen LogP contribution in [0.15, 0.2) is 24.3 Å². The Labute approximate surface area is 142 Å². The second-order valence-electron chi connectivity index (χ2n) is 6.14. The number of carbonyl (C=O) groups is 3. The van der Waals surface area contributed by atoms with Crippen LogP contribution in [0.3, 0.4) is 0 Å². The third-order valence-corrected chi connectivity index (χ3v) is 4.53. The molecule has 2 rings (SSSR count). The van der Waals surface area contributed by atoms with Crippen LogP contribution in [0.1, 0.15) is 37.0 Å². The monoisotopic (exact) mass is 332 g/mol. The van der Waals surface area contributed by atoms with Gasteiger partial charge in [0, 0.05) is 11.3 Å². The lowest BCUT2D eigenvalue weighted by molar-refractivity contribution is -0.147. The highest BCUT2D eigenvalue weighted by atomic mass is 16.5. The second kappa shape index (κ2) is 8.06. The van der Waals surface area contributed by atoms with Crippen molar-refractivity contribution in [1.82, 2.24) is 4.90 Å². The Bertz CT molecular complexity index is 621. The Kier molecular flexibility index (Phi) is 6.09. The van der Waals surface area contributed by atoms with Crippen molar-refractivity contribution in [3.63, 3.8) is 0 Å². The molecule has 6 nitrogen and oxygen atoms in total. The molecular formula is C18H24N2O4. The van der Waals surface area contributed by atoms with Gasteiger partial charge in [0.2, 0.25) is 5.91 Å². The summed E-state index contributed by atoms with van der Waals surface area (Å²) >= 11 is 0. The molecule has 0 spiro atoms. The summed E-state index contributed by atoms with van der Waals surface area (Å²) in [6.07, 6.45) is 1.40. The molecule has 1 aromatic carbocycles. The number of methoxy groups -OCH3 is 1. The fourth-order valence-corrected chi connectivity index (χ4v) is 2.92. The average molecular weight is 332 g/mol. The SMILES string of the molecule is COC(=O)C1CCN([C@@H](C)C(=O)Nc2cccc(C(C)=O)c2)CC1. The molecule has 0 radical (unpaired) electrons. The number of nitrogens with one attached hydrogen (secondary N) is 1. The van der Waals surface area contributed by atoms with Gasteiger partial charge in [-0.05, 0) is 51.9 Å². The minimum atomic E-state index is -0.301. The fraction of sp³-hybridized carbons (Fsp3) is 0.500. The van der Waals surface area contributed by atoms with Crippen molar-refractivity contribution in [3.05, 3.63) is 29.8 Å². The number of ether oxygens (including phenoxy) is 1. The topological polar surface area (TPSA) is 75.7 Å². The Morgan fingerprint density at radius 1 is 1.25 bits per heavy atom. The standard InChI is InChI=1S/C18H24N2O4/c1-12(20-9-7-14(8-10-20)18(23)24-3)17(22)19-16-6-4-5-15(11-16)13(2)21/h4-6,11-12,14H,7-10H2,1-3H3,(H,19,22)/t12-/m0/s1. The van der Waals surface area contributed by atoms with E-state index in [4.69, 9.17) is 4.74 Å². The average Bonchev–Trinajstić information content (AvgIpc) is 2.60. The highest BCUT2D eigenvalue weighted by Gasteiger charge is 2.30. The predicted octanol–water partition coefficient (Wildman–Crippen LogP) is 2.10. The van der Waals surface area contributed by atoms with Crippen LogP contribution in [0.25, 0.3) is 0 Å². The molecule has 1 heterocycles. The quantitative estimate of drug-likeness (QED) is 0.660. The first-order valence-electron chi connectivity index (χ1n) is 8.16. The number of nitrogens with zero attached hydrogens (tertiary/aromatic N) is 1. The summed E-state index contributed by atoms with van der Waals surface area (Å²) in [7, 11) is 1.40. The molecule has 1 atom stereocenters. The van der Waals surface area contributed by atoms with Crippen molar-refractivity contribution in [1.29, 1.82) is 0 Å². The van der Waals surface area contributed by atoms with Crippen molar-refractivity contribution in [2.45, 2.75) is 32.7 Å². The van der Waals surface area contributed by atoms with Gasteiger partial charge in [0.05, 0.1) is 19.1 Å². The van der Waals surface area contributed by atoms with E-state index >= 15 is 0 Å². The maximum Gasteiger partial charge on any atom is 0.308 e. The van der Waals surface area contributed by atoms with Gasteiger partial charge in [0.15, 0.2) is 5.78 Å². The second-order valence-corrected chi connectivity index (χ2v) is 6.14. The lowest BCUT2D eigenvalue weighted by Gasteiger charge is -2.34. The van der Waals surface area contributed by atoms with Gasteiger partial charge in [-0.2, -0.15) is 0 Å². The summed E-state index contributed by atoms with van der Waals surface area (Å²) in [5.74, 6) is -0.405. The van der Waals surface area contributed by atoms with Crippen LogP contribution in [0.5, 0.6) is 0 Å². The molecule has 6 heteroatoms. The first-order chi connectivity index (χ1) is 11.4. The minimum Gasteiger partial charge on any atom is -0.469 e. The van der Waals surface area contributed by atoms with E-state index in [2.05, 4.69) is 10.2 Å². The molecule has 1 N–H and O–H groups in total. The van der Waals surface area contributed by atoms with Crippen LogP contribution in [0.2, 0.25) is 0 Å². The summed E-state index contributed by atoms with van der Waals surface area (Å²) < 4.78 is 4.78. The zero-order valence-corrected chi connectivity index (χ0v) is 14.4. The van der Waals surface area contributed by atoms with E-state index in [9.17, 15) is 14.4 Å². The molecule has 0 bridgehead atoms. The molecular weight excluding hydrogens is 308 g/mol. The van der Waals surface area contributed by atoms with Gasteiger partial charge in [-0.25, -0.2) is 0 Å². The molecule has 0 unspecified atom stereocenters. The lowest BCUT2D eigenvalue weighted by atomic mass is 9.96. The van der Waals surface area contributed by atoms with Crippen molar-refractivity contribution in [2.24, 2.45) is 5.92 Å². The Morgan fingerprint density at radius 2 is 1.92 bits per heavy atom. The number of piperidine rings is 1. The van der Waals surface area contributed by atoms with Crippen LogP contribution >= 0.6 is 0 Å². The van der Waals surface area contributed by atoms with E-state index in [0.29, 0.717) is 37.2 Å². The van der Waals surface area contributed by atoms with Gasteiger partial charge in [-0.3, -0.25) is 19.3 Å². The molecule has 0 saturated carbocycles. The number of amides is 1. The van der Waals surface area contributed by atoms with Crippen LogP contribution in [-0.4, -0.2) is 48.8 Å². The van der Waals surface area contributed by atoms with E-state index in [-0.39, 0.29) is 29.6 Å². The molecule has 1 aliphatic rings. The predicted molar refractivity (Wildman–Crippen MR) is 90.9 cm³/mol. The third kappa shape index (κ3) is 4.41. The number of Topliss-reactive ketones (excluding diaryl/α,β-unsaturated/α-hetero) is 1. The molecule has 0 aromatic heterocycles. The summed E-state index contributed by atoms with van der Waals surface area (Å²) in [5.41, 5.74) is 1.18. The van der Waals surface area contributed by atoms with Gasteiger partial charge < -0.3 is 10.1 Å². The van der Waals surface area contributed by atoms with Crippen LogP contribution in [-0.2, 0) is 14.3 Å². The summed E-state index contributed by atoms with van der Waals surface area (Å²) in [6, 6.07) is 6.61. The number of carbonyl (C=O) groups excluding carboxylic acids is 3. The molecule has 1 fully saturated rings. The van der Waals surface area contributed by atoms with Crippen LogP contribution in [0.4, 0.5) is 5.69 Å². The zero-order valence-electron chi connectivity index (χ0n) is 14.4. The van der Waals surface area contributed by atoms with Crippen molar-refractivity contribution >= 4 is 23.3 Å². The van der Waals surface area contributed by atoms with Gasteiger partial charge >= 0.3 is 5.97 Å². The van der Waals surface area contributed by atoms with Crippen molar-refractivity contribution < 1.29 is 19.1 Å². The summed E-state index contributed by atoms with van der Waals surface area (Å²) in [6.45, 7) is 4.71. The Hall–Kier alpha value is -2.21. The smallest absolute Gasteiger partial charge is 0.308 e. The summed E-state index contributed by atoms with van der Waals surface area (Å²) in [4.78, 5) is 37.5. The molecule has 0 aliphatic carbocycles. The molecule has 1 aliphatic heterocycles. The maximum atomic E-state index is 12.4. The first kappa shape index (κ1) is 18.1. The van der Waals surface area contributed by atoms with Gasteiger partial charge in [0.1, 0.15) is 0 Å². The van der Waals surface area contributed by atoms with E-state index < -0.39 is 0 Å². The van der Waals surface area contributed by atoms with Gasteiger partial charge in [-0.1, -0.05) is 12.1 Å². The van der Waals surface area contributed by atoms with Gasteiger partial charge in [-0.15, -0.1) is 0 Å². The molecule has 1 saturated heterocycles. The number of hydrogen-bond donors (Lipinski definition) is 1. The third-order valence-electron chi connectivity index (χ3n) is 4.53. The summed E-state index contributed by atoms with van der Waals surface area (Å²) in [5, 5.41) is 2.85.